The number of nitrogens with one attached hydrogen (secondary N) is 1. The highest BCUT2D eigenvalue weighted by Gasteiger charge is 2.22. The molecular formula is C29H26BrClN6O. The topological polar surface area (TPSA) is 98.8 Å². The van der Waals surface area contributed by atoms with Crippen LogP contribution >= 0.6 is 28.3 Å². The van der Waals surface area contributed by atoms with Crippen molar-refractivity contribution >= 4 is 45.2 Å². The maximum absolute atomic E-state index is 6.45. The molecule has 0 saturated carbocycles. The highest BCUT2D eigenvalue weighted by Crippen LogP contribution is 2.40. The van der Waals surface area contributed by atoms with Gasteiger partial charge in [-0.15, -0.1) is 12.4 Å². The second-order valence-corrected chi connectivity index (χ2v) is 9.90. The summed E-state index contributed by atoms with van der Waals surface area (Å²) >= 11 is 3.64. The van der Waals surface area contributed by atoms with Crippen LogP contribution in [0.5, 0.6) is 0 Å². The van der Waals surface area contributed by atoms with Gasteiger partial charge in [-0.2, -0.15) is 0 Å². The first-order chi connectivity index (χ1) is 18.2. The summed E-state index contributed by atoms with van der Waals surface area (Å²) in [5.41, 5.74) is 13.9. The summed E-state index contributed by atoms with van der Waals surface area (Å²) in [7, 11) is 0. The third kappa shape index (κ3) is 5.26. The summed E-state index contributed by atoms with van der Waals surface area (Å²) in [6.45, 7) is 2.30. The van der Waals surface area contributed by atoms with Gasteiger partial charge in [0.1, 0.15) is 18.2 Å². The van der Waals surface area contributed by atoms with Gasteiger partial charge in [0.25, 0.3) is 0 Å². The predicted octanol–water partition coefficient (Wildman–Crippen LogP) is 5.77. The summed E-state index contributed by atoms with van der Waals surface area (Å²) in [5, 5.41) is 4.12. The van der Waals surface area contributed by atoms with E-state index in [4.69, 9.17) is 20.4 Å². The number of morpholine rings is 1. The van der Waals surface area contributed by atoms with Crippen molar-refractivity contribution in [1.82, 2.24) is 25.3 Å². The van der Waals surface area contributed by atoms with Crippen LogP contribution in [0.2, 0.25) is 0 Å². The lowest BCUT2D eigenvalue weighted by Crippen LogP contribution is -2.33. The lowest BCUT2D eigenvalue weighted by Gasteiger charge is -2.23. The zero-order chi connectivity index (χ0) is 25.2. The van der Waals surface area contributed by atoms with Crippen molar-refractivity contribution in [3.63, 3.8) is 0 Å². The number of rotatable bonds is 5. The molecule has 3 N–H and O–H groups in total. The van der Waals surface area contributed by atoms with Crippen LogP contribution in [0.15, 0.2) is 83.7 Å². The number of ether oxygens (including phenoxy) is 1. The van der Waals surface area contributed by atoms with Crippen LogP contribution in [0.3, 0.4) is 0 Å². The maximum Gasteiger partial charge on any atom is 0.165 e. The molecule has 0 aliphatic carbocycles. The number of aromatic nitrogens is 4. The molecule has 7 nitrogen and oxygen atoms in total. The Morgan fingerprint density at radius 3 is 2.58 bits per heavy atom. The van der Waals surface area contributed by atoms with Crippen molar-refractivity contribution in [3.05, 3.63) is 101 Å². The molecule has 5 aromatic rings. The van der Waals surface area contributed by atoms with Gasteiger partial charge in [-0.05, 0) is 41.0 Å². The van der Waals surface area contributed by atoms with Crippen LogP contribution in [0, 0.1) is 0 Å². The fourth-order valence-electron chi connectivity index (χ4n) is 4.82. The van der Waals surface area contributed by atoms with Gasteiger partial charge in [-0.25, -0.2) is 15.0 Å². The monoisotopic (exact) mass is 588 g/mol. The number of pyridine rings is 2. The molecule has 0 amide bonds. The molecule has 1 saturated heterocycles. The van der Waals surface area contributed by atoms with Crippen molar-refractivity contribution in [1.29, 1.82) is 0 Å². The second kappa shape index (κ2) is 11.5. The second-order valence-electron chi connectivity index (χ2n) is 8.98. The maximum atomic E-state index is 6.45. The number of fused-ring (bicyclic) bond motifs is 1. The van der Waals surface area contributed by atoms with E-state index in [0.29, 0.717) is 24.5 Å². The average molecular weight is 590 g/mol. The fourth-order valence-corrected chi connectivity index (χ4v) is 5.22. The minimum absolute atomic E-state index is 0. The zero-order valence-corrected chi connectivity index (χ0v) is 22.9. The van der Waals surface area contributed by atoms with E-state index in [1.807, 2.05) is 42.6 Å². The Hall–Kier alpha value is -3.43. The van der Waals surface area contributed by atoms with Crippen LogP contribution in [0.4, 0.5) is 5.82 Å². The molecule has 0 bridgehead atoms. The van der Waals surface area contributed by atoms with Crippen LogP contribution in [-0.2, 0) is 11.2 Å². The number of nitrogen functional groups attached to an aromatic ring is 1. The predicted molar refractivity (Wildman–Crippen MR) is 156 cm³/mol. The molecular weight excluding hydrogens is 564 g/mol. The lowest BCUT2D eigenvalue weighted by atomic mass is 9.89. The van der Waals surface area contributed by atoms with Gasteiger partial charge in [0, 0.05) is 41.3 Å². The Bertz CT molecular complexity index is 1560. The highest BCUT2D eigenvalue weighted by atomic mass is 79.9. The normalized spacial score (nSPS) is 15.2. The largest absolute Gasteiger partial charge is 0.383 e. The van der Waals surface area contributed by atoms with Gasteiger partial charge >= 0.3 is 0 Å². The number of nitrogens with two attached hydrogens (primary N) is 1. The Morgan fingerprint density at radius 1 is 0.974 bits per heavy atom. The van der Waals surface area contributed by atoms with Gasteiger partial charge in [-0.3, -0.25) is 4.98 Å². The molecule has 6 rings (SSSR count). The molecule has 38 heavy (non-hydrogen) atoms. The highest BCUT2D eigenvalue weighted by molar-refractivity contribution is 9.10. The van der Waals surface area contributed by atoms with E-state index in [0.717, 1.165) is 56.6 Å². The number of anilines is 1. The molecule has 1 fully saturated rings. The number of hydrogen-bond acceptors (Lipinski definition) is 7. The SMILES string of the molecule is Cl.Nc1ncnc2nc(-c3ccc(C4CNCCO4)nc3)c(Cc3ccccc3)c(-c3cccc(Br)c3)c12. The van der Waals surface area contributed by atoms with E-state index in [2.05, 4.69) is 61.5 Å². The van der Waals surface area contributed by atoms with Crippen molar-refractivity contribution in [3.8, 4) is 22.4 Å². The minimum atomic E-state index is -0.0547. The molecule has 3 aromatic heterocycles. The first kappa shape index (κ1) is 26.2. The molecule has 0 spiro atoms. The molecule has 9 heteroatoms. The molecule has 4 heterocycles. The summed E-state index contributed by atoms with van der Waals surface area (Å²) in [5.74, 6) is 0.406. The van der Waals surface area contributed by atoms with Gasteiger partial charge < -0.3 is 15.8 Å². The molecule has 0 radical (unpaired) electrons. The van der Waals surface area contributed by atoms with Gasteiger partial charge in [0.15, 0.2) is 5.65 Å². The van der Waals surface area contributed by atoms with Crippen LogP contribution in [0.1, 0.15) is 22.9 Å². The van der Waals surface area contributed by atoms with Crippen LogP contribution < -0.4 is 11.1 Å². The standard InChI is InChI=1S/C29H25BrN6O.ClH/c30-21-8-4-7-19(14-21)25-22(13-18-5-2-1-3-6-18)27(36-29-26(25)28(31)34-17-35-29)20-9-10-23(33-15-20)24-16-32-11-12-37-24;/h1-10,14-15,17,24,32H,11-13,16H2,(H2,31,34,35,36);1H. The lowest BCUT2D eigenvalue weighted by molar-refractivity contribution is 0.0250. The van der Waals surface area contributed by atoms with E-state index >= 15 is 0 Å². The molecule has 1 aliphatic heterocycles. The van der Waals surface area contributed by atoms with Crippen molar-refractivity contribution in [2.45, 2.75) is 12.5 Å². The van der Waals surface area contributed by atoms with E-state index in [1.165, 1.54) is 11.9 Å². The summed E-state index contributed by atoms with van der Waals surface area (Å²) < 4.78 is 6.87. The van der Waals surface area contributed by atoms with E-state index in [-0.39, 0.29) is 18.5 Å². The van der Waals surface area contributed by atoms with E-state index in [9.17, 15) is 0 Å². The van der Waals surface area contributed by atoms with Crippen molar-refractivity contribution in [2.24, 2.45) is 0 Å². The van der Waals surface area contributed by atoms with Gasteiger partial charge in [-0.1, -0.05) is 58.4 Å². The zero-order valence-electron chi connectivity index (χ0n) is 20.5. The number of benzene rings is 2. The Labute approximate surface area is 235 Å². The first-order valence-electron chi connectivity index (χ1n) is 12.2. The molecule has 1 unspecified atom stereocenters. The Kier molecular flexibility index (Phi) is 7.95. The van der Waals surface area contributed by atoms with E-state index < -0.39 is 0 Å². The molecule has 192 valence electrons. The number of halogens is 2. The molecule has 1 aliphatic rings. The van der Waals surface area contributed by atoms with Gasteiger partial charge in [0.2, 0.25) is 0 Å². The summed E-state index contributed by atoms with van der Waals surface area (Å²) in [4.78, 5) is 18.6. The van der Waals surface area contributed by atoms with Crippen molar-refractivity contribution in [2.75, 3.05) is 25.4 Å². The van der Waals surface area contributed by atoms with Crippen LogP contribution in [-0.4, -0.2) is 39.6 Å². The van der Waals surface area contributed by atoms with Crippen LogP contribution in [0.25, 0.3) is 33.4 Å². The first-order valence-corrected chi connectivity index (χ1v) is 13.0. The number of nitrogens with zero attached hydrogens (tertiary/aromatic N) is 4. The average Bonchev–Trinajstić information content (AvgIpc) is 2.94. The fraction of sp³-hybridized carbons (Fsp3) is 0.172. The Balaban J connectivity index is 0.00000294. The van der Waals surface area contributed by atoms with Crippen molar-refractivity contribution < 1.29 is 4.74 Å². The molecule has 2 aromatic carbocycles. The Morgan fingerprint density at radius 2 is 1.84 bits per heavy atom. The third-order valence-electron chi connectivity index (χ3n) is 6.57. The van der Waals surface area contributed by atoms with Gasteiger partial charge in [0.05, 0.1) is 23.4 Å². The third-order valence-corrected chi connectivity index (χ3v) is 7.06. The quantitative estimate of drug-likeness (QED) is 0.268. The summed E-state index contributed by atoms with van der Waals surface area (Å²) in [6, 6.07) is 22.7. The van der Waals surface area contributed by atoms with E-state index in [1.54, 1.807) is 0 Å². The smallest absolute Gasteiger partial charge is 0.165 e. The molecule has 1 atom stereocenters. The summed E-state index contributed by atoms with van der Waals surface area (Å²) in [6.07, 6.45) is 3.95. The number of hydrogen-bond donors (Lipinski definition) is 2. The minimum Gasteiger partial charge on any atom is -0.383 e.